The lowest BCUT2D eigenvalue weighted by atomic mass is 9.99. The first-order chi connectivity index (χ1) is 9.81. The molecule has 1 saturated heterocycles. The van der Waals surface area contributed by atoms with E-state index in [0.29, 0.717) is 17.3 Å². The van der Waals surface area contributed by atoms with Crippen molar-refractivity contribution in [1.82, 2.24) is 14.7 Å². The molecule has 1 aliphatic heterocycles. The van der Waals surface area contributed by atoms with Crippen molar-refractivity contribution in [3.05, 3.63) is 22.5 Å². The Bertz CT molecular complexity index is 609. The third-order valence-corrected chi connectivity index (χ3v) is 4.28. The van der Waals surface area contributed by atoms with Gasteiger partial charge in [0.1, 0.15) is 5.15 Å². The van der Waals surface area contributed by atoms with Crippen molar-refractivity contribution in [3.8, 4) is 0 Å². The zero-order valence-electron chi connectivity index (χ0n) is 12.2. The first-order valence-electron chi connectivity index (χ1n) is 6.70. The van der Waals surface area contributed by atoms with Crippen molar-refractivity contribution in [3.63, 3.8) is 0 Å². The van der Waals surface area contributed by atoms with Crippen molar-refractivity contribution in [2.45, 2.75) is 13.8 Å². The lowest BCUT2D eigenvalue weighted by molar-refractivity contribution is -0.142. The molecule has 114 valence electrons. The van der Waals surface area contributed by atoms with Crippen LogP contribution in [0.3, 0.4) is 0 Å². The highest BCUT2D eigenvalue weighted by molar-refractivity contribution is 6.31. The molecule has 1 N–H and O–H groups in total. The highest BCUT2D eigenvalue weighted by atomic mass is 35.5. The summed E-state index contributed by atoms with van der Waals surface area (Å²) in [6.45, 7) is 4.37. The van der Waals surface area contributed by atoms with Gasteiger partial charge in [0.2, 0.25) is 5.91 Å². The van der Waals surface area contributed by atoms with Crippen molar-refractivity contribution in [2.75, 3.05) is 13.1 Å². The Morgan fingerprint density at radius 1 is 1.43 bits per heavy atom. The van der Waals surface area contributed by atoms with Crippen LogP contribution in [0.2, 0.25) is 5.15 Å². The molecule has 7 heteroatoms. The summed E-state index contributed by atoms with van der Waals surface area (Å²) in [5.74, 6) is -1.59. The molecule has 0 spiro atoms. The fourth-order valence-corrected chi connectivity index (χ4v) is 2.80. The number of halogens is 1. The monoisotopic (exact) mass is 311 g/mol. The lowest BCUT2D eigenvalue weighted by Crippen LogP contribution is -2.28. The summed E-state index contributed by atoms with van der Waals surface area (Å²) in [5, 5.41) is 13.7. The van der Waals surface area contributed by atoms with Crippen LogP contribution in [-0.4, -0.2) is 44.8 Å². The van der Waals surface area contributed by atoms with Crippen LogP contribution in [0.5, 0.6) is 0 Å². The quantitative estimate of drug-likeness (QED) is 0.860. The Labute approximate surface area is 128 Å². The molecule has 1 aromatic heterocycles. The van der Waals surface area contributed by atoms with E-state index in [-0.39, 0.29) is 18.4 Å². The number of carboxylic acid groups (broad SMARTS) is 1. The van der Waals surface area contributed by atoms with E-state index in [9.17, 15) is 9.59 Å². The van der Waals surface area contributed by atoms with E-state index in [1.54, 1.807) is 22.7 Å². The van der Waals surface area contributed by atoms with Gasteiger partial charge in [-0.3, -0.25) is 14.3 Å². The maximum absolute atomic E-state index is 12.1. The molecule has 1 amide bonds. The first kappa shape index (κ1) is 15.6. The van der Waals surface area contributed by atoms with E-state index >= 15 is 0 Å². The van der Waals surface area contributed by atoms with Gasteiger partial charge < -0.3 is 10.0 Å². The summed E-state index contributed by atoms with van der Waals surface area (Å²) in [5.41, 5.74) is 1.44. The Hall–Kier alpha value is -1.82. The van der Waals surface area contributed by atoms with Crippen molar-refractivity contribution < 1.29 is 14.7 Å². The van der Waals surface area contributed by atoms with Gasteiger partial charge in [-0.15, -0.1) is 0 Å². The minimum Gasteiger partial charge on any atom is -0.481 e. The average Bonchev–Trinajstić information content (AvgIpc) is 2.90. The first-order valence-corrected chi connectivity index (χ1v) is 7.08. The molecular weight excluding hydrogens is 294 g/mol. The smallest absolute Gasteiger partial charge is 0.308 e. The SMILES string of the molecule is Cc1nn(C)c(Cl)c1/C=C/C(=O)N1C[C@@H](C)[C@H](C(=O)O)C1. The van der Waals surface area contributed by atoms with Gasteiger partial charge in [0.25, 0.3) is 0 Å². The molecule has 0 aromatic carbocycles. The Kier molecular flexibility index (Phi) is 4.37. The van der Waals surface area contributed by atoms with Gasteiger partial charge in [0, 0.05) is 31.8 Å². The highest BCUT2D eigenvalue weighted by Gasteiger charge is 2.36. The molecule has 1 aliphatic rings. The third-order valence-electron chi connectivity index (χ3n) is 3.83. The summed E-state index contributed by atoms with van der Waals surface area (Å²) in [6.07, 6.45) is 3.05. The number of hydrogen-bond acceptors (Lipinski definition) is 3. The zero-order valence-corrected chi connectivity index (χ0v) is 13.0. The Balaban J connectivity index is 2.09. The van der Waals surface area contributed by atoms with Crippen LogP contribution in [0.4, 0.5) is 0 Å². The number of likely N-dealkylation sites (tertiary alicyclic amines) is 1. The summed E-state index contributed by atoms with van der Waals surface area (Å²) in [6, 6.07) is 0. The van der Waals surface area contributed by atoms with Gasteiger partial charge in [-0.25, -0.2) is 0 Å². The average molecular weight is 312 g/mol. The zero-order chi connectivity index (χ0) is 15.7. The van der Waals surface area contributed by atoms with Crippen molar-refractivity contribution >= 4 is 29.6 Å². The van der Waals surface area contributed by atoms with Crippen LogP contribution in [0.15, 0.2) is 6.08 Å². The highest BCUT2D eigenvalue weighted by Crippen LogP contribution is 2.24. The van der Waals surface area contributed by atoms with E-state index in [0.717, 1.165) is 5.69 Å². The molecule has 2 rings (SSSR count). The van der Waals surface area contributed by atoms with Gasteiger partial charge in [-0.1, -0.05) is 18.5 Å². The predicted molar refractivity (Wildman–Crippen MR) is 78.9 cm³/mol. The van der Waals surface area contributed by atoms with Gasteiger partial charge >= 0.3 is 5.97 Å². The van der Waals surface area contributed by atoms with E-state index in [1.165, 1.54) is 6.08 Å². The molecule has 0 radical (unpaired) electrons. The largest absolute Gasteiger partial charge is 0.481 e. The van der Waals surface area contributed by atoms with Gasteiger partial charge in [-0.05, 0) is 18.9 Å². The number of carbonyl (C=O) groups excluding carboxylic acids is 1. The normalized spacial score (nSPS) is 22.2. The van der Waals surface area contributed by atoms with E-state index in [2.05, 4.69) is 5.10 Å². The fraction of sp³-hybridized carbons (Fsp3) is 0.500. The van der Waals surface area contributed by atoms with Crippen molar-refractivity contribution in [2.24, 2.45) is 18.9 Å². The summed E-state index contributed by atoms with van der Waals surface area (Å²) >= 11 is 6.09. The molecule has 6 nitrogen and oxygen atoms in total. The van der Waals surface area contributed by atoms with Gasteiger partial charge in [-0.2, -0.15) is 5.10 Å². The van der Waals surface area contributed by atoms with Crippen LogP contribution in [0.1, 0.15) is 18.2 Å². The van der Waals surface area contributed by atoms with Crippen LogP contribution in [-0.2, 0) is 16.6 Å². The van der Waals surface area contributed by atoms with Crippen molar-refractivity contribution in [1.29, 1.82) is 0 Å². The molecule has 2 atom stereocenters. The van der Waals surface area contributed by atoms with Crippen LogP contribution in [0, 0.1) is 18.8 Å². The minimum atomic E-state index is -0.854. The van der Waals surface area contributed by atoms with Gasteiger partial charge in [0.05, 0.1) is 11.6 Å². The standard InChI is InChI=1S/C14H18ClN3O3/c1-8-6-18(7-11(8)14(20)21)12(19)5-4-10-9(2)16-17(3)13(10)15/h4-5,8,11H,6-7H2,1-3H3,(H,20,21)/b5-4+/t8-,11-/m1/s1. The number of rotatable bonds is 3. The topological polar surface area (TPSA) is 75.4 Å². The molecule has 0 unspecified atom stereocenters. The fourth-order valence-electron chi connectivity index (χ4n) is 2.56. The number of nitrogens with zero attached hydrogens (tertiary/aromatic N) is 3. The number of aliphatic carboxylic acids is 1. The molecule has 2 heterocycles. The van der Waals surface area contributed by atoms with E-state index in [4.69, 9.17) is 16.7 Å². The minimum absolute atomic E-state index is 0.0384. The second-order valence-electron chi connectivity index (χ2n) is 5.41. The number of carbonyl (C=O) groups is 2. The van der Waals surface area contributed by atoms with Crippen LogP contribution in [0.25, 0.3) is 6.08 Å². The Morgan fingerprint density at radius 3 is 2.57 bits per heavy atom. The maximum atomic E-state index is 12.1. The van der Waals surface area contributed by atoms with Crippen LogP contribution >= 0.6 is 11.6 Å². The number of hydrogen-bond donors (Lipinski definition) is 1. The summed E-state index contributed by atoms with van der Waals surface area (Å²) < 4.78 is 1.54. The molecule has 1 fully saturated rings. The number of aromatic nitrogens is 2. The summed E-state index contributed by atoms with van der Waals surface area (Å²) in [7, 11) is 1.73. The molecule has 21 heavy (non-hydrogen) atoms. The molecule has 1 aromatic rings. The van der Waals surface area contributed by atoms with Crippen LogP contribution < -0.4 is 0 Å². The molecular formula is C14H18ClN3O3. The number of aryl methyl sites for hydroxylation is 2. The lowest BCUT2D eigenvalue weighted by Gasteiger charge is -2.12. The predicted octanol–water partition coefficient (Wildman–Crippen LogP) is 1.57. The number of carboxylic acids is 1. The van der Waals surface area contributed by atoms with Gasteiger partial charge in [0.15, 0.2) is 0 Å². The van der Waals surface area contributed by atoms with E-state index in [1.807, 2.05) is 13.8 Å². The molecule has 0 bridgehead atoms. The molecule has 0 saturated carbocycles. The molecule has 0 aliphatic carbocycles. The summed E-state index contributed by atoms with van der Waals surface area (Å²) in [4.78, 5) is 24.8. The second-order valence-corrected chi connectivity index (χ2v) is 5.77. The van der Waals surface area contributed by atoms with E-state index < -0.39 is 11.9 Å². The Morgan fingerprint density at radius 2 is 2.10 bits per heavy atom. The number of amides is 1. The third kappa shape index (κ3) is 3.10. The maximum Gasteiger partial charge on any atom is 0.308 e. The second kappa shape index (κ2) is 5.89.